The molecule has 0 unspecified atom stereocenters. The van der Waals surface area contributed by atoms with Gasteiger partial charge in [-0.05, 0) is 12.8 Å². The number of carboxylic acids is 1. The molecular weight excluding hydrogens is 156 g/mol. The second kappa shape index (κ2) is 8.53. The molecule has 0 saturated heterocycles. The molecule has 0 aromatic carbocycles. The molecule has 0 aromatic heterocycles. The Balaban J connectivity index is 2.86. The summed E-state index contributed by atoms with van der Waals surface area (Å²) in [6.07, 6.45) is 6.70. The summed E-state index contributed by atoms with van der Waals surface area (Å²) in [6, 6.07) is 0. The summed E-state index contributed by atoms with van der Waals surface area (Å²) in [4.78, 5) is 10.0. The smallest absolute Gasteiger partial charge is 0.307 e. The fraction of sp³-hybridized carbons (Fsp3) is 0.667. The van der Waals surface area contributed by atoms with Gasteiger partial charge >= 0.3 is 5.97 Å². The highest BCUT2D eigenvalue weighted by molar-refractivity contribution is 5.76. The van der Waals surface area contributed by atoms with Gasteiger partial charge in [0.2, 0.25) is 0 Å². The molecule has 3 heteroatoms. The first-order chi connectivity index (χ1) is 5.77. The van der Waals surface area contributed by atoms with Gasteiger partial charge in [-0.3, -0.25) is 4.79 Å². The van der Waals surface area contributed by atoms with Crippen LogP contribution in [0, 0.1) is 13.0 Å². The highest BCUT2D eigenvalue weighted by Crippen LogP contribution is 2.06. The molecule has 0 aliphatic heterocycles. The molecule has 3 nitrogen and oxygen atoms in total. The molecule has 0 aliphatic carbocycles. The second-order valence-electron chi connectivity index (χ2n) is 2.72. The van der Waals surface area contributed by atoms with Crippen LogP contribution < -0.4 is 0 Å². The molecule has 0 heterocycles. The molecular formula is C9H16O3. The minimum atomic E-state index is -0.835. The first-order valence-corrected chi connectivity index (χ1v) is 4.29. The van der Waals surface area contributed by atoms with Crippen LogP contribution in [-0.2, 0) is 4.79 Å². The van der Waals surface area contributed by atoms with E-state index < -0.39 is 5.97 Å². The molecule has 0 aliphatic rings. The predicted octanol–water partition coefficient (Wildman–Crippen LogP) is 2.15. The highest BCUT2D eigenvalue weighted by Gasteiger charge is 1.96. The van der Waals surface area contributed by atoms with Crippen molar-refractivity contribution in [1.29, 1.82) is 0 Å². The first kappa shape index (κ1) is 11.4. The van der Waals surface area contributed by atoms with E-state index in [2.05, 4.69) is 0 Å². The molecule has 12 heavy (non-hydrogen) atoms. The van der Waals surface area contributed by atoms with Gasteiger partial charge in [0.05, 0.1) is 13.0 Å². The maximum Gasteiger partial charge on any atom is 0.307 e. The van der Waals surface area contributed by atoms with Crippen molar-refractivity contribution in [1.82, 2.24) is 0 Å². The van der Waals surface area contributed by atoms with E-state index in [0.717, 1.165) is 32.1 Å². The normalized spacial score (nSPS) is 10.1. The number of hydrogen-bond acceptors (Lipinski definition) is 2. The SMILES string of the molecule is O=C(O)[CH]CCCCCC[CH]O. The number of hydrogen-bond donors (Lipinski definition) is 2. The fourth-order valence-electron chi connectivity index (χ4n) is 0.959. The molecule has 2 N–H and O–H groups in total. The van der Waals surface area contributed by atoms with E-state index in [1.165, 1.54) is 13.0 Å². The van der Waals surface area contributed by atoms with Gasteiger partial charge < -0.3 is 10.2 Å². The van der Waals surface area contributed by atoms with E-state index in [4.69, 9.17) is 10.2 Å². The number of unbranched alkanes of at least 4 members (excludes halogenated alkanes) is 5. The van der Waals surface area contributed by atoms with Gasteiger partial charge in [-0.25, -0.2) is 0 Å². The largest absolute Gasteiger partial charge is 0.481 e. The Morgan fingerprint density at radius 3 is 2.17 bits per heavy atom. The molecule has 0 rings (SSSR count). The van der Waals surface area contributed by atoms with E-state index in [9.17, 15) is 4.79 Å². The lowest BCUT2D eigenvalue weighted by Gasteiger charge is -1.97. The average molecular weight is 172 g/mol. The number of aliphatic hydroxyl groups is 1. The van der Waals surface area contributed by atoms with Crippen molar-refractivity contribution in [3.63, 3.8) is 0 Å². The van der Waals surface area contributed by atoms with Crippen molar-refractivity contribution in [3.05, 3.63) is 13.0 Å². The number of rotatable bonds is 8. The van der Waals surface area contributed by atoms with Crippen LogP contribution in [0.4, 0.5) is 0 Å². The highest BCUT2D eigenvalue weighted by atomic mass is 16.4. The Morgan fingerprint density at radius 2 is 1.67 bits per heavy atom. The lowest BCUT2D eigenvalue weighted by Crippen LogP contribution is -1.94. The van der Waals surface area contributed by atoms with Crippen LogP contribution in [0.3, 0.4) is 0 Å². The Morgan fingerprint density at radius 1 is 1.08 bits per heavy atom. The van der Waals surface area contributed by atoms with E-state index in [-0.39, 0.29) is 0 Å². The summed E-state index contributed by atoms with van der Waals surface area (Å²) in [7, 11) is 0. The van der Waals surface area contributed by atoms with E-state index in [1.807, 2.05) is 0 Å². The summed E-state index contributed by atoms with van der Waals surface area (Å²) < 4.78 is 0. The molecule has 0 bridgehead atoms. The second-order valence-corrected chi connectivity index (χ2v) is 2.72. The van der Waals surface area contributed by atoms with Crippen LogP contribution in [0.15, 0.2) is 0 Å². The third-order valence-electron chi connectivity index (χ3n) is 1.61. The van der Waals surface area contributed by atoms with Gasteiger partial charge in [0.1, 0.15) is 0 Å². The number of aliphatic carboxylic acids is 1. The summed E-state index contributed by atoms with van der Waals surface area (Å²) >= 11 is 0. The lowest BCUT2D eigenvalue weighted by atomic mass is 10.1. The Bertz CT molecular complexity index is 112. The number of carboxylic acid groups (broad SMARTS) is 1. The zero-order valence-electron chi connectivity index (χ0n) is 7.20. The Hall–Kier alpha value is -0.570. The lowest BCUT2D eigenvalue weighted by molar-refractivity contribution is -0.133. The minimum Gasteiger partial charge on any atom is -0.481 e. The predicted molar refractivity (Wildman–Crippen MR) is 45.9 cm³/mol. The van der Waals surface area contributed by atoms with Gasteiger partial charge in [-0.15, -0.1) is 0 Å². The summed E-state index contributed by atoms with van der Waals surface area (Å²) in [6.45, 7) is 1.17. The molecule has 2 radical (unpaired) electrons. The topological polar surface area (TPSA) is 57.5 Å². The Labute approximate surface area is 73.4 Å². The quantitative estimate of drug-likeness (QED) is 0.551. The van der Waals surface area contributed by atoms with Crippen molar-refractivity contribution in [2.24, 2.45) is 0 Å². The first-order valence-electron chi connectivity index (χ1n) is 4.29. The molecule has 0 aromatic rings. The van der Waals surface area contributed by atoms with Gasteiger partial charge in [-0.1, -0.05) is 25.7 Å². The summed E-state index contributed by atoms with van der Waals surface area (Å²) in [5.74, 6) is -0.835. The van der Waals surface area contributed by atoms with Crippen molar-refractivity contribution in [2.75, 3.05) is 0 Å². The third kappa shape index (κ3) is 9.43. The maximum absolute atomic E-state index is 10.0. The van der Waals surface area contributed by atoms with Crippen LogP contribution in [0.5, 0.6) is 0 Å². The van der Waals surface area contributed by atoms with Gasteiger partial charge in [0.25, 0.3) is 0 Å². The zero-order valence-corrected chi connectivity index (χ0v) is 7.20. The molecule has 0 fully saturated rings. The molecule has 0 amide bonds. The standard InChI is InChI=1S/C9H16O3/c10-8-6-4-2-1-3-5-7-9(11)12/h7-8,10H,1-6H2,(H,11,12). The summed E-state index contributed by atoms with van der Waals surface area (Å²) in [5.41, 5.74) is 0. The van der Waals surface area contributed by atoms with E-state index >= 15 is 0 Å². The summed E-state index contributed by atoms with van der Waals surface area (Å²) in [5, 5.41) is 16.6. The van der Waals surface area contributed by atoms with Crippen molar-refractivity contribution in [2.45, 2.75) is 38.5 Å². The molecule has 0 spiro atoms. The molecule has 0 atom stereocenters. The van der Waals surface area contributed by atoms with Crippen LogP contribution in [-0.4, -0.2) is 16.2 Å². The van der Waals surface area contributed by atoms with E-state index in [1.54, 1.807) is 0 Å². The minimum absolute atomic E-state index is 0.651. The van der Waals surface area contributed by atoms with Gasteiger partial charge in [-0.2, -0.15) is 0 Å². The molecule has 70 valence electrons. The zero-order chi connectivity index (χ0) is 9.23. The van der Waals surface area contributed by atoms with Gasteiger partial charge in [0, 0.05) is 0 Å². The van der Waals surface area contributed by atoms with Crippen molar-refractivity contribution in [3.8, 4) is 0 Å². The molecule has 0 saturated carbocycles. The van der Waals surface area contributed by atoms with Crippen LogP contribution in [0.2, 0.25) is 0 Å². The van der Waals surface area contributed by atoms with Crippen LogP contribution in [0.1, 0.15) is 38.5 Å². The van der Waals surface area contributed by atoms with Crippen LogP contribution in [0.25, 0.3) is 0 Å². The fourth-order valence-corrected chi connectivity index (χ4v) is 0.959. The van der Waals surface area contributed by atoms with Crippen molar-refractivity contribution >= 4 is 5.97 Å². The maximum atomic E-state index is 10.0. The number of carbonyl (C=O) groups is 1. The third-order valence-corrected chi connectivity index (χ3v) is 1.61. The van der Waals surface area contributed by atoms with Crippen molar-refractivity contribution < 1.29 is 15.0 Å². The monoisotopic (exact) mass is 172 g/mol. The average Bonchev–Trinajstić information content (AvgIpc) is 2.02. The van der Waals surface area contributed by atoms with E-state index in [0.29, 0.717) is 6.42 Å². The van der Waals surface area contributed by atoms with Gasteiger partial charge in [0.15, 0.2) is 0 Å². The van der Waals surface area contributed by atoms with Crippen LogP contribution >= 0.6 is 0 Å². The Kier molecular flexibility index (Phi) is 8.12. The number of aliphatic hydroxyl groups excluding tert-OH is 1.